The van der Waals surface area contributed by atoms with E-state index in [1.165, 1.54) is 22.3 Å². The van der Waals surface area contributed by atoms with Crippen molar-refractivity contribution in [1.29, 1.82) is 0 Å². The number of rotatable bonds is 2. The summed E-state index contributed by atoms with van der Waals surface area (Å²) in [6, 6.07) is 6.52. The van der Waals surface area contributed by atoms with E-state index in [4.69, 9.17) is 0 Å². The molecule has 0 N–H and O–H groups in total. The van der Waals surface area contributed by atoms with Gasteiger partial charge in [-0.05, 0) is 55.4 Å². The fourth-order valence-electron chi connectivity index (χ4n) is 2.26. The molecule has 3 rings (SSSR count). The molecule has 1 atom stereocenters. The zero-order valence-electron chi connectivity index (χ0n) is 10.7. The Kier molecular flexibility index (Phi) is 3.78. The number of hydrogen-bond donors (Lipinski definition) is 0. The first kappa shape index (κ1) is 12.1. The van der Waals surface area contributed by atoms with Crippen LogP contribution in [0.4, 0.5) is 0 Å². The minimum atomic E-state index is 0.315. The Morgan fingerprint density at radius 2 is 2.24 bits per heavy atom. The minimum Gasteiger partial charge on any atom is -0.303 e. The Hall–Kier alpha value is -1.37. The summed E-state index contributed by atoms with van der Waals surface area (Å²) in [5, 5.41) is 0. The molecular weight excluding hydrogens is 208 g/mol. The van der Waals surface area contributed by atoms with Crippen molar-refractivity contribution in [3.8, 4) is 11.1 Å². The van der Waals surface area contributed by atoms with Crippen molar-refractivity contribution in [2.75, 3.05) is 0 Å². The molecule has 0 saturated heterocycles. The second kappa shape index (κ2) is 5.31. The van der Waals surface area contributed by atoms with Gasteiger partial charge in [-0.2, -0.15) is 0 Å². The second-order valence-corrected chi connectivity index (χ2v) is 4.92. The first-order valence-electron chi connectivity index (χ1n) is 6.48. The number of aldehydes is 1. The van der Waals surface area contributed by atoms with Crippen LogP contribution in [0, 0.1) is 12.8 Å². The number of fused-ring (bicyclic) bond motifs is 1. The van der Waals surface area contributed by atoms with Crippen LogP contribution in [0.3, 0.4) is 0 Å². The maximum absolute atomic E-state index is 10.3. The fraction of sp³-hybridized carbons (Fsp3) is 0.438. The van der Waals surface area contributed by atoms with Gasteiger partial charge in [0.05, 0.1) is 0 Å². The van der Waals surface area contributed by atoms with Gasteiger partial charge in [-0.15, -0.1) is 0 Å². The topological polar surface area (TPSA) is 17.1 Å². The van der Waals surface area contributed by atoms with Crippen molar-refractivity contribution in [1.82, 2.24) is 0 Å². The van der Waals surface area contributed by atoms with E-state index in [1.807, 2.05) is 0 Å². The van der Waals surface area contributed by atoms with Crippen LogP contribution >= 0.6 is 0 Å². The van der Waals surface area contributed by atoms with Crippen LogP contribution < -0.4 is 0 Å². The molecule has 1 nitrogen and oxygen atoms in total. The van der Waals surface area contributed by atoms with Crippen LogP contribution in [-0.2, 0) is 4.79 Å². The van der Waals surface area contributed by atoms with Gasteiger partial charge in [0, 0.05) is 5.92 Å². The molecule has 3 aliphatic rings. The van der Waals surface area contributed by atoms with Crippen LogP contribution in [0.2, 0.25) is 0 Å². The molecule has 0 aromatic heterocycles. The third kappa shape index (κ3) is 3.06. The molecule has 1 heteroatoms. The van der Waals surface area contributed by atoms with Gasteiger partial charge in [0.1, 0.15) is 6.29 Å². The van der Waals surface area contributed by atoms with E-state index in [0.717, 1.165) is 32.0 Å². The number of carbonyl (C=O) groups is 1. The molecule has 90 valence electrons. The van der Waals surface area contributed by atoms with Crippen molar-refractivity contribution in [2.24, 2.45) is 5.92 Å². The molecule has 3 aliphatic carbocycles. The standard InChI is InChI=1S/C9H14O.C7H6/c1-2-8-3-5-9(7-10)6-4-8;1-5-2-3-6-4-7(5)6/h3,7,9H,2,4-6H2,1H3;2-4H,1H3. The summed E-state index contributed by atoms with van der Waals surface area (Å²) in [6.45, 7) is 4.31. The Morgan fingerprint density at radius 1 is 1.41 bits per heavy atom. The van der Waals surface area contributed by atoms with Crippen molar-refractivity contribution in [2.45, 2.75) is 39.5 Å². The largest absolute Gasteiger partial charge is 0.303 e. The third-order valence-electron chi connectivity index (χ3n) is 3.66. The summed E-state index contributed by atoms with van der Waals surface area (Å²) in [5.41, 5.74) is 5.87. The summed E-state index contributed by atoms with van der Waals surface area (Å²) in [4.78, 5) is 10.3. The quantitative estimate of drug-likeness (QED) is 0.553. The average Bonchev–Trinajstić information content (AvgIpc) is 3.09. The first-order valence-corrected chi connectivity index (χ1v) is 6.48. The van der Waals surface area contributed by atoms with Gasteiger partial charge in [0.2, 0.25) is 0 Å². The molecule has 0 bridgehead atoms. The van der Waals surface area contributed by atoms with Gasteiger partial charge in [0.15, 0.2) is 0 Å². The molecule has 0 amide bonds. The van der Waals surface area contributed by atoms with Crippen molar-refractivity contribution >= 4 is 6.29 Å². The summed E-state index contributed by atoms with van der Waals surface area (Å²) in [6.07, 6.45) is 7.66. The average molecular weight is 228 g/mol. The molecule has 0 aromatic rings. The summed E-state index contributed by atoms with van der Waals surface area (Å²) in [5.74, 6) is 0.315. The molecule has 17 heavy (non-hydrogen) atoms. The van der Waals surface area contributed by atoms with E-state index in [1.54, 1.807) is 0 Å². The van der Waals surface area contributed by atoms with Crippen LogP contribution in [0.5, 0.6) is 0 Å². The molecule has 0 heterocycles. The summed E-state index contributed by atoms with van der Waals surface area (Å²) in [7, 11) is 0. The van der Waals surface area contributed by atoms with Crippen molar-refractivity contribution in [3.63, 3.8) is 0 Å². The van der Waals surface area contributed by atoms with E-state index in [0.29, 0.717) is 5.92 Å². The Balaban J connectivity index is 0.000000134. The number of aryl methyl sites for hydroxylation is 1. The zero-order valence-corrected chi connectivity index (χ0v) is 10.7. The normalized spacial score (nSPS) is 19.9. The lowest BCUT2D eigenvalue weighted by Crippen LogP contribution is -2.06. The third-order valence-corrected chi connectivity index (χ3v) is 3.66. The smallest absolute Gasteiger partial charge is 0.123 e. The van der Waals surface area contributed by atoms with Crippen LogP contribution in [-0.4, -0.2) is 6.29 Å². The van der Waals surface area contributed by atoms with Gasteiger partial charge in [-0.1, -0.05) is 30.7 Å². The number of carbonyl (C=O) groups excluding carboxylic acids is 1. The molecule has 0 spiro atoms. The van der Waals surface area contributed by atoms with E-state index >= 15 is 0 Å². The summed E-state index contributed by atoms with van der Waals surface area (Å²) < 4.78 is 0. The lowest BCUT2D eigenvalue weighted by molar-refractivity contribution is -0.111. The lowest BCUT2D eigenvalue weighted by Gasteiger charge is -2.15. The highest BCUT2D eigenvalue weighted by atomic mass is 16.1. The highest BCUT2D eigenvalue weighted by Crippen LogP contribution is 2.37. The first-order chi connectivity index (χ1) is 8.24. The van der Waals surface area contributed by atoms with Crippen LogP contribution in [0.1, 0.15) is 38.2 Å². The van der Waals surface area contributed by atoms with Gasteiger partial charge < -0.3 is 4.79 Å². The van der Waals surface area contributed by atoms with Gasteiger partial charge in [-0.25, -0.2) is 0 Å². The van der Waals surface area contributed by atoms with Crippen LogP contribution in [0.15, 0.2) is 29.8 Å². The second-order valence-electron chi connectivity index (χ2n) is 4.92. The SMILES string of the molecule is CCC1=CCC(C=O)CC1.Cc1ccc2cc1-2. The Morgan fingerprint density at radius 3 is 2.53 bits per heavy atom. The monoisotopic (exact) mass is 228 g/mol. The molecule has 0 fully saturated rings. The molecule has 0 radical (unpaired) electrons. The predicted octanol–water partition coefficient (Wildman–Crippen LogP) is 4.30. The highest BCUT2D eigenvalue weighted by molar-refractivity contribution is 5.84. The van der Waals surface area contributed by atoms with E-state index in [-0.39, 0.29) is 0 Å². The molecule has 0 aliphatic heterocycles. The Labute approximate surface area is 104 Å². The molecule has 0 saturated carbocycles. The Bertz CT molecular complexity index is 443. The lowest BCUT2D eigenvalue weighted by atomic mass is 9.90. The van der Waals surface area contributed by atoms with Gasteiger partial charge >= 0.3 is 0 Å². The van der Waals surface area contributed by atoms with Gasteiger partial charge in [0.25, 0.3) is 0 Å². The maximum atomic E-state index is 10.3. The number of hydrogen-bond acceptors (Lipinski definition) is 1. The zero-order chi connectivity index (χ0) is 12.3. The number of allylic oxidation sites excluding steroid dienone is 2. The number of benzene rings is 1. The minimum absolute atomic E-state index is 0.315. The van der Waals surface area contributed by atoms with Crippen LogP contribution in [0.25, 0.3) is 11.1 Å². The fourth-order valence-corrected chi connectivity index (χ4v) is 2.26. The van der Waals surface area contributed by atoms with Crippen molar-refractivity contribution < 1.29 is 4.79 Å². The molecule has 0 aromatic carbocycles. The van der Waals surface area contributed by atoms with E-state index in [2.05, 4.69) is 38.1 Å². The maximum Gasteiger partial charge on any atom is 0.123 e. The van der Waals surface area contributed by atoms with Gasteiger partial charge in [-0.3, -0.25) is 0 Å². The highest BCUT2D eigenvalue weighted by Gasteiger charge is 2.12. The predicted molar refractivity (Wildman–Crippen MR) is 72.0 cm³/mol. The summed E-state index contributed by atoms with van der Waals surface area (Å²) >= 11 is 0. The molecular formula is C16H20O. The van der Waals surface area contributed by atoms with E-state index in [9.17, 15) is 4.79 Å². The molecule has 1 unspecified atom stereocenters. The van der Waals surface area contributed by atoms with E-state index < -0.39 is 0 Å². The van der Waals surface area contributed by atoms with Crippen molar-refractivity contribution in [3.05, 3.63) is 35.4 Å².